The van der Waals surface area contributed by atoms with Crippen molar-refractivity contribution in [2.24, 2.45) is 11.8 Å². The minimum Gasteiger partial charge on any atom is -0.355 e. The van der Waals surface area contributed by atoms with Crippen molar-refractivity contribution in [3.05, 3.63) is 17.8 Å². The summed E-state index contributed by atoms with van der Waals surface area (Å²) < 4.78 is 0. The summed E-state index contributed by atoms with van der Waals surface area (Å²) >= 11 is 0. The van der Waals surface area contributed by atoms with Gasteiger partial charge in [-0.15, -0.1) is 5.10 Å². The van der Waals surface area contributed by atoms with Gasteiger partial charge in [0.05, 0.1) is 5.69 Å². The molecule has 0 fully saturated rings. The molecule has 0 spiro atoms. The van der Waals surface area contributed by atoms with E-state index in [0.717, 1.165) is 31.1 Å². The maximum Gasteiger partial charge on any atom is 0.151 e. The molecule has 0 saturated heterocycles. The van der Waals surface area contributed by atoms with Crippen molar-refractivity contribution in [2.75, 3.05) is 18.0 Å². The van der Waals surface area contributed by atoms with Crippen LogP contribution in [0, 0.1) is 11.8 Å². The third kappa shape index (κ3) is 7.42. The number of hydrogen-bond acceptors (Lipinski definition) is 4. The minimum absolute atomic E-state index is 0.0989. The largest absolute Gasteiger partial charge is 0.355 e. The summed E-state index contributed by atoms with van der Waals surface area (Å²) in [4.78, 5) is 2.34. The Hall–Kier alpha value is -1.16. The summed E-state index contributed by atoms with van der Waals surface area (Å²) in [6, 6.07) is 4.17. The van der Waals surface area contributed by atoms with Crippen LogP contribution in [0.1, 0.15) is 54.2 Å². The standard InChI is InChI=1S/C17H32N4/c1-13(2)11-21(12-14(3)4)16-9-8-15(19-20-16)10-18-17(5,6)7/h8-9,13-14,18H,10-12H2,1-7H3. The van der Waals surface area contributed by atoms with E-state index in [2.05, 4.69) is 81.0 Å². The van der Waals surface area contributed by atoms with Gasteiger partial charge in [0.1, 0.15) is 0 Å². The average molecular weight is 292 g/mol. The quantitative estimate of drug-likeness (QED) is 0.835. The lowest BCUT2D eigenvalue weighted by Crippen LogP contribution is -2.35. The lowest BCUT2D eigenvalue weighted by molar-refractivity contribution is 0.420. The molecule has 1 rings (SSSR count). The molecule has 0 aliphatic carbocycles. The molecule has 21 heavy (non-hydrogen) atoms. The molecular weight excluding hydrogens is 260 g/mol. The highest BCUT2D eigenvalue weighted by atomic mass is 15.3. The van der Waals surface area contributed by atoms with Crippen LogP contribution in [0.5, 0.6) is 0 Å². The number of aromatic nitrogens is 2. The third-order valence-corrected chi connectivity index (χ3v) is 3.00. The monoisotopic (exact) mass is 292 g/mol. The van der Waals surface area contributed by atoms with Gasteiger partial charge in [-0.3, -0.25) is 0 Å². The van der Waals surface area contributed by atoms with Gasteiger partial charge in [0.25, 0.3) is 0 Å². The third-order valence-electron chi connectivity index (χ3n) is 3.00. The summed E-state index contributed by atoms with van der Waals surface area (Å²) in [5.74, 6) is 2.22. The first kappa shape index (κ1) is 17.9. The average Bonchev–Trinajstić information content (AvgIpc) is 2.34. The van der Waals surface area contributed by atoms with Crippen molar-refractivity contribution in [2.45, 2.75) is 60.5 Å². The van der Waals surface area contributed by atoms with Crippen LogP contribution in [-0.4, -0.2) is 28.8 Å². The molecule has 120 valence electrons. The summed E-state index contributed by atoms with van der Waals surface area (Å²) in [5, 5.41) is 12.2. The second-order valence-corrected chi connectivity index (χ2v) is 7.68. The normalized spacial score (nSPS) is 12.2. The maximum absolute atomic E-state index is 4.42. The minimum atomic E-state index is 0.0989. The van der Waals surface area contributed by atoms with Crippen LogP contribution in [-0.2, 0) is 6.54 Å². The van der Waals surface area contributed by atoms with Crippen LogP contribution < -0.4 is 10.2 Å². The highest BCUT2D eigenvalue weighted by Crippen LogP contribution is 2.14. The fraction of sp³-hybridized carbons (Fsp3) is 0.765. The molecule has 0 aromatic carbocycles. The Morgan fingerprint density at radius 2 is 1.57 bits per heavy atom. The molecule has 0 amide bonds. The van der Waals surface area contributed by atoms with E-state index in [1.54, 1.807) is 0 Å². The summed E-state index contributed by atoms with van der Waals surface area (Å²) in [6.45, 7) is 18.2. The van der Waals surface area contributed by atoms with Gasteiger partial charge in [-0.2, -0.15) is 5.10 Å². The molecule has 1 aromatic heterocycles. The Morgan fingerprint density at radius 3 is 1.95 bits per heavy atom. The lowest BCUT2D eigenvalue weighted by atomic mass is 10.1. The molecule has 0 bridgehead atoms. The fourth-order valence-corrected chi connectivity index (χ4v) is 2.11. The van der Waals surface area contributed by atoms with Gasteiger partial charge >= 0.3 is 0 Å². The van der Waals surface area contributed by atoms with Crippen LogP contribution in [0.3, 0.4) is 0 Å². The van der Waals surface area contributed by atoms with Crippen LogP contribution >= 0.6 is 0 Å². The number of rotatable bonds is 7. The molecular formula is C17H32N4. The molecule has 0 aliphatic rings. The van der Waals surface area contributed by atoms with E-state index in [1.165, 1.54) is 0 Å². The van der Waals surface area contributed by atoms with Crippen molar-refractivity contribution >= 4 is 5.82 Å². The lowest BCUT2D eigenvalue weighted by Gasteiger charge is -2.27. The molecule has 0 atom stereocenters. The summed E-state index contributed by atoms with van der Waals surface area (Å²) in [7, 11) is 0. The van der Waals surface area contributed by atoms with Gasteiger partial charge in [0.15, 0.2) is 5.82 Å². The van der Waals surface area contributed by atoms with E-state index in [9.17, 15) is 0 Å². The molecule has 1 aromatic rings. The molecule has 4 heteroatoms. The van der Waals surface area contributed by atoms with Crippen LogP contribution in [0.2, 0.25) is 0 Å². The molecule has 0 saturated carbocycles. The Labute approximate surface area is 130 Å². The maximum atomic E-state index is 4.42. The van der Waals surface area contributed by atoms with Gasteiger partial charge in [-0.1, -0.05) is 27.7 Å². The van der Waals surface area contributed by atoms with Gasteiger partial charge in [-0.05, 0) is 44.7 Å². The van der Waals surface area contributed by atoms with Crippen LogP contribution in [0.15, 0.2) is 12.1 Å². The zero-order chi connectivity index (χ0) is 16.0. The number of anilines is 1. The van der Waals surface area contributed by atoms with E-state index in [4.69, 9.17) is 0 Å². The van der Waals surface area contributed by atoms with Gasteiger partial charge in [0.2, 0.25) is 0 Å². The van der Waals surface area contributed by atoms with Crippen molar-refractivity contribution in [1.82, 2.24) is 15.5 Å². The molecule has 1 N–H and O–H groups in total. The summed E-state index contributed by atoms with van der Waals surface area (Å²) in [5.41, 5.74) is 1.09. The Bertz CT molecular complexity index is 394. The zero-order valence-corrected chi connectivity index (χ0v) is 14.8. The second kappa shape index (κ2) is 7.74. The fourth-order valence-electron chi connectivity index (χ4n) is 2.11. The van der Waals surface area contributed by atoms with Crippen molar-refractivity contribution in [3.8, 4) is 0 Å². The van der Waals surface area contributed by atoms with Crippen molar-refractivity contribution in [1.29, 1.82) is 0 Å². The van der Waals surface area contributed by atoms with Gasteiger partial charge in [-0.25, -0.2) is 0 Å². The number of hydrogen-bond donors (Lipinski definition) is 1. The molecule has 0 radical (unpaired) electrons. The first-order valence-electron chi connectivity index (χ1n) is 8.00. The second-order valence-electron chi connectivity index (χ2n) is 7.68. The van der Waals surface area contributed by atoms with Gasteiger partial charge in [0, 0.05) is 25.2 Å². The van der Waals surface area contributed by atoms with E-state index >= 15 is 0 Å². The van der Waals surface area contributed by atoms with E-state index in [-0.39, 0.29) is 5.54 Å². The highest BCUT2D eigenvalue weighted by molar-refractivity contribution is 5.37. The zero-order valence-electron chi connectivity index (χ0n) is 14.8. The SMILES string of the molecule is CC(C)CN(CC(C)C)c1ccc(CNC(C)(C)C)nn1. The number of nitrogens with one attached hydrogen (secondary N) is 1. The van der Waals surface area contributed by atoms with E-state index < -0.39 is 0 Å². The van der Waals surface area contributed by atoms with Crippen LogP contribution in [0.25, 0.3) is 0 Å². The predicted octanol–water partition coefficient (Wildman–Crippen LogP) is 3.48. The highest BCUT2D eigenvalue weighted by Gasteiger charge is 2.13. The Kier molecular flexibility index (Phi) is 6.59. The molecule has 1 heterocycles. The van der Waals surface area contributed by atoms with Crippen molar-refractivity contribution < 1.29 is 0 Å². The van der Waals surface area contributed by atoms with Gasteiger partial charge < -0.3 is 10.2 Å². The molecule has 0 unspecified atom stereocenters. The van der Waals surface area contributed by atoms with Crippen molar-refractivity contribution in [3.63, 3.8) is 0 Å². The smallest absolute Gasteiger partial charge is 0.151 e. The topological polar surface area (TPSA) is 41.0 Å². The predicted molar refractivity (Wildman–Crippen MR) is 90.5 cm³/mol. The van der Waals surface area contributed by atoms with E-state index in [0.29, 0.717) is 11.8 Å². The number of nitrogens with zero attached hydrogens (tertiary/aromatic N) is 3. The van der Waals surface area contributed by atoms with E-state index in [1.807, 2.05) is 0 Å². The Balaban J connectivity index is 2.72. The van der Waals surface area contributed by atoms with Crippen LogP contribution in [0.4, 0.5) is 5.82 Å². The molecule has 0 aliphatic heterocycles. The Morgan fingerprint density at radius 1 is 1.00 bits per heavy atom. The molecule has 4 nitrogen and oxygen atoms in total. The summed E-state index contributed by atoms with van der Waals surface area (Å²) in [6.07, 6.45) is 0. The first-order valence-corrected chi connectivity index (χ1v) is 8.00. The first-order chi connectivity index (χ1) is 9.67.